The minimum Gasteiger partial charge on any atom is -0.457 e. The molecule has 0 unspecified atom stereocenters. The Morgan fingerprint density at radius 3 is 2.38 bits per heavy atom. The normalized spacial score (nSPS) is 11.2. The van der Waals surface area contributed by atoms with Gasteiger partial charge in [-0.2, -0.15) is 0 Å². The second-order valence-electron chi connectivity index (χ2n) is 5.07. The first-order valence-electron chi connectivity index (χ1n) is 7.20. The Morgan fingerprint density at radius 2 is 1.62 bits per heavy atom. The molecule has 0 aliphatic rings. The maximum atomic E-state index is 12.6. The molecule has 2 aromatic carbocycles. The van der Waals surface area contributed by atoms with Crippen LogP contribution in [0.3, 0.4) is 0 Å². The number of halogens is 1. The Morgan fingerprint density at radius 1 is 0.917 bits per heavy atom. The Bertz CT molecular complexity index is 943. The molecule has 24 heavy (non-hydrogen) atoms. The van der Waals surface area contributed by atoms with Crippen molar-refractivity contribution in [3.63, 3.8) is 0 Å². The van der Waals surface area contributed by atoms with E-state index in [9.17, 15) is 8.42 Å². The second kappa shape index (κ2) is 7.03. The van der Waals surface area contributed by atoms with Gasteiger partial charge in [0.1, 0.15) is 11.5 Å². The van der Waals surface area contributed by atoms with Crippen LogP contribution in [0.4, 0.5) is 0 Å². The van der Waals surface area contributed by atoms with Crippen molar-refractivity contribution >= 4 is 21.4 Å². The molecular formula is C18H14ClNO3S. The van der Waals surface area contributed by atoms with Crippen molar-refractivity contribution in [2.24, 2.45) is 0 Å². The molecule has 1 aromatic heterocycles. The van der Waals surface area contributed by atoms with E-state index in [-0.39, 0.29) is 15.8 Å². The molecule has 0 fully saturated rings. The van der Waals surface area contributed by atoms with E-state index in [1.807, 2.05) is 18.2 Å². The summed E-state index contributed by atoms with van der Waals surface area (Å²) in [4.78, 5) is 3.90. The van der Waals surface area contributed by atoms with E-state index in [0.29, 0.717) is 17.1 Å². The summed E-state index contributed by atoms with van der Waals surface area (Å²) in [7, 11) is -3.68. The molecule has 0 aliphatic heterocycles. The van der Waals surface area contributed by atoms with Crippen LogP contribution in [-0.4, -0.2) is 13.4 Å². The van der Waals surface area contributed by atoms with Crippen LogP contribution in [-0.2, 0) is 15.6 Å². The molecule has 6 heteroatoms. The van der Waals surface area contributed by atoms with E-state index in [1.165, 1.54) is 12.3 Å². The average Bonchev–Trinajstić information content (AvgIpc) is 2.57. The fraction of sp³-hybridized carbons (Fsp3) is 0.0556. The van der Waals surface area contributed by atoms with Crippen LogP contribution in [0.1, 0.15) is 5.56 Å². The molecule has 0 radical (unpaired) electrons. The molecule has 0 saturated carbocycles. The number of nitrogens with zero attached hydrogens (tertiary/aromatic N) is 1. The third-order valence-corrected chi connectivity index (χ3v) is 5.33. The maximum absolute atomic E-state index is 12.6. The van der Waals surface area contributed by atoms with Crippen molar-refractivity contribution in [3.05, 3.63) is 83.5 Å². The summed E-state index contributed by atoms with van der Waals surface area (Å²) in [5, 5.41) is -0.0138. The number of rotatable bonds is 5. The van der Waals surface area contributed by atoms with Crippen molar-refractivity contribution in [2.75, 3.05) is 0 Å². The monoisotopic (exact) mass is 359 g/mol. The van der Waals surface area contributed by atoms with Crippen LogP contribution in [0.5, 0.6) is 11.5 Å². The zero-order chi connectivity index (χ0) is 17.0. The minimum atomic E-state index is -3.68. The zero-order valence-corrected chi connectivity index (χ0v) is 14.2. The highest BCUT2D eigenvalue weighted by Crippen LogP contribution is 2.29. The lowest BCUT2D eigenvalue weighted by Gasteiger charge is -2.11. The van der Waals surface area contributed by atoms with Crippen molar-refractivity contribution in [2.45, 2.75) is 10.8 Å². The van der Waals surface area contributed by atoms with Crippen LogP contribution < -0.4 is 4.74 Å². The van der Waals surface area contributed by atoms with E-state index >= 15 is 0 Å². The predicted octanol–water partition coefficient (Wildman–Crippen LogP) is 4.50. The van der Waals surface area contributed by atoms with E-state index < -0.39 is 9.84 Å². The fourth-order valence-corrected chi connectivity index (χ4v) is 4.06. The molecule has 3 rings (SSSR count). The van der Waals surface area contributed by atoms with Crippen LogP contribution in [0.25, 0.3) is 0 Å². The lowest BCUT2D eigenvalue weighted by Crippen LogP contribution is -2.08. The van der Waals surface area contributed by atoms with E-state index in [0.717, 1.165) is 0 Å². The van der Waals surface area contributed by atoms with Gasteiger partial charge in [0, 0.05) is 11.8 Å². The predicted molar refractivity (Wildman–Crippen MR) is 93.1 cm³/mol. The lowest BCUT2D eigenvalue weighted by atomic mass is 10.2. The number of hydrogen-bond acceptors (Lipinski definition) is 4. The van der Waals surface area contributed by atoms with Gasteiger partial charge in [0.2, 0.25) is 9.84 Å². The van der Waals surface area contributed by atoms with Crippen LogP contribution in [0.2, 0.25) is 5.02 Å². The third-order valence-electron chi connectivity index (χ3n) is 3.31. The summed E-state index contributed by atoms with van der Waals surface area (Å²) in [6.45, 7) is 0. The number of sulfone groups is 1. The highest BCUT2D eigenvalue weighted by atomic mass is 35.5. The van der Waals surface area contributed by atoms with Gasteiger partial charge >= 0.3 is 0 Å². The average molecular weight is 360 g/mol. The molecule has 0 N–H and O–H groups in total. The number of hydrogen-bond donors (Lipinski definition) is 0. The molecule has 0 amide bonds. The summed E-state index contributed by atoms with van der Waals surface area (Å²) < 4.78 is 31.1. The van der Waals surface area contributed by atoms with Gasteiger partial charge in [-0.05, 0) is 30.3 Å². The first-order chi connectivity index (χ1) is 11.6. The van der Waals surface area contributed by atoms with Gasteiger partial charge in [-0.15, -0.1) is 0 Å². The summed E-state index contributed by atoms with van der Waals surface area (Å²) in [6.07, 6.45) is 1.41. The largest absolute Gasteiger partial charge is 0.457 e. The Labute approximate surface area is 145 Å². The lowest BCUT2D eigenvalue weighted by molar-refractivity contribution is 0.477. The molecule has 0 bridgehead atoms. The van der Waals surface area contributed by atoms with Crippen LogP contribution >= 0.6 is 11.6 Å². The first kappa shape index (κ1) is 16.5. The summed E-state index contributed by atoms with van der Waals surface area (Å²) in [6, 6.07) is 19.3. The third kappa shape index (κ3) is 3.75. The van der Waals surface area contributed by atoms with Crippen molar-refractivity contribution in [3.8, 4) is 11.5 Å². The molecule has 0 spiro atoms. The van der Waals surface area contributed by atoms with Crippen LogP contribution in [0.15, 0.2) is 78.0 Å². The van der Waals surface area contributed by atoms with Gasteiger partial charge in [-0.1, -0.05) is 48.0 Å². The summed E-state index contributed by atoms with van der Waals surface area (Å²) >= 11 is 5.97. The maximum Gasteiger partial charge on any atom is 0.201 e. The molecular weight excluding hydrogens is 346 g/mol. The molecule has 1 heterocycles. The number of pyridine rings is 1. The van der Waals surface area contributed by atoms with Gasteiger partial charge in [0.05, 0.1) is 10.8 Å². The number of aromatic nitrogens is 1. The SMILES string of the molecule is O=S(=O)(Cc1ccccc1Oc1ccccc1)c1ncccc1Cl. The standard InChI is InChI=1S/C18H14ClNO3S/c19-16-10-6-12-20-18(16)24(21,22)13-14-7-4-5-11-17(14)23-15-8-2-1-3-9-15/h1-12H,13H2. The van der Waals surface area contributed by atoms with E-state index in [1.54, 1.807) is 42.5 Å². The number of ether oxygens (including phenoxy) is 1. The van der Waals surface area contributed by atoms with Gasteiger partial charge in [-0.25, -0.2) is 13.4 Å². The molecule has 4 nitrogen and oxygen atoms in total. The van der Waals surface area contributed by atoms with E-state index in [2.05, 4.69) is 4.98 Å². The van der Waals surface area contributed by atoms with Gasteiger partial charge in [-0.3, -0.25) is 0 Å². The second-order valence-corrected chi connectivity index (χ2v) is 7.38. The van der Waals surface area contributed by atoms with Gasteiger partial charge < -0.3 is 4.74 Å². The van der Waals surface area contributed by atoms with Crippen LogP contribution in [0, 0.1) is 0 Å². The molecule has 122 valence electrons. The molecule has 3 aromatic rings. The molecule has 0 aliphatic carbocycles. The first-order valence-corrected chi connectivity index (χ1v) is 9.23. The highest BCUT2D eigenvalue weighted by Gasteiger charge is 2.22. The Hall–Kier alpha value is -2.37. The fourth-order valence-electron chi connectivity index (χ4n) is 2.21. The van der Waals surface area contributed by atoms with Gasteiger partial charge in [0.15, 0.2) is 5.03 Å². The summed E-state index contributed by atoms with van der Waals surface area (Å²) in [5.41, 5.74) is 0.545. The van der Waals surface area contributed by atoms with Crippen molar-refractivity contribution < 1.29 is 13.2 Å². The van der Waals surface area contributed by atoms with E-state index in [4.69, 9.17) is 16.3 Å². The molecule has 0 atom stereocenters. The quantitative estimate of drug-likeness (QED) is 0.673. The summed E-state index contributed by atoms with van der Waals surface area (Å²) in [5.74, 6) is 0.879. The minimum absolute atomic E-state index is 0.110. The zero-order valence-electron chi connectivity index (χ0n) is 12.6. The highest BCUT2D eigenvalue weighted by molar-refractivity contribution is 7.90. The Balaban J connectivity index is 1.92. The van der Waals surface area contributed by atoms with Crippen molar-refractivity contribution in [1.29, 1.82) is 0 Å². The Kier molecular flexibility index (Phi) is 4.83. The van der Waals surface area contributed by atoms with Crippen molar-refractivity contribution in [1.82, 2.24) is 4.98 Å². The smallest absolute Gasteiger partial charge is 0.201 e. The number of benzene rings is 2. The topological polar surface area (TPSA) is 56.3 Å². The molecule has 0 saturated heterocycles. The number of para-hydroxylation sites is 2. The van der Waals surface area contributed by atoms with Gasteiger partial charge in [0.25, 0.3) is 0 Å².